The lowest BCUT2D eigenvalue weighted by atomic mass is 9.78. The average Bonchev–Trinajstić information content (AvgIpc) is 2.59. The van der Waals surface area contributed by atoms with Crippen molar-refractivity contribution >= 4 is 0 Å². The summed E-state index contributed by atoms with van der Waals surface area (Å²) in [4.78, 5) is 0. The van der Waals surface area contributed by atoms with Crippen molar-refractivity contribution in [1.82, 2.24) is 0 Å². The summed E-state index contributed by atoms with van der Waals surface area (Å²) in [6.07, 6.45) is 9.47. The van der Waals surface area contributed by atoms with Crippen molar-refractivity contribution in [1.29, 1.82) is 0 Å². The van der Waals surface area contributed by atoms with Gasteiger partial charge in [0.1, 0.15) is 0 Å². The van der Waals surface area contributed by atoms with Crippen LogP contribution in [0.25, 0.3) is 0 Å². The molecule has 0 nitrogen and oxygen atoms in total. The zero-order chi connectivity index (χ0) is 16.1. The standard InChI is InChI=1S/C23H30/c1-3-19-8-10-21(11-9-19)17-23-14-12-22(13-15-23)16-20-6-4-18(2)5-7-20/h4-7,12-15,19,21H,3,8-11,16-17H2,1-2H3. The molecule has 3 rings (SSSR count). The normalized spacial score (nSPS) is 21.3. The van der Waals surface area contributed by atoms with Gasteiger partial charge in [-0.25, -0.2) is 0 Å². The summed E-state index contributed by atoms with van der Waals surface area (Å²) in [5.41, 5.74) is 5.69. The lowest BCUT2D eigenvalue weighted by Crippen LogP contribution is -2.15. The molecule has 2 aromatic carbocycles. The van der Waals surface area contributed by atoms with Crippen molar-refractivity contribution in [2.24, 2.45) is 11.8 Å². The molecule has 1 aliphatic carbocycles. The molecule has 0 bridgehead atoms. The Morgan fingerprint density at radius 1 is 0.696 bits per heavy atom. The first-order valence-corrected chi connectivity index (χ1v) is 9.36. The van der Waals surface area contributed by atoms with Gasteiger partial charge in [0.25, 0.3) is 0 Å². The van der Waals surface area contributed by atoms with E-state index >= 15 is 0 Å². The SMILES string of the molecule is CCC1CCC(Cc2ccc(Cc3ccc(C)cc3)cc2)CC1. The molecule has 0 atom stereocenters. The Hall–Kier alpha value is -1.56. The minimum atomic E-state index is 0.917. The first kappa shape index (κ1) is 16.3. The molecule has 122 valence electrons. The molecule has 1 saturated carbocycles. The molecular weight excluding hydrogens is 276 g/mol. The molecule has 0 amide bonds. The van der Waals surface area contributed by atoms with Crippen molar-refractivity contribution in [3.05, 3.63) is 70.8 Å². The van der Waals surface area contributed by atoms with Crippen molar-refractivity contribution in [2.45, 2.75) is 58.8 Å². The predicted octanol–water partition coefficient (Wildman–Crippen LogP) is 6.34. The van der Waals surface area contributed by atoms with Crippen LogP contribution in [-0.4, -0.2) is 0 Å². The summed E-state index contributed by atoms with van der Waals surface area (Å²) in [5, 5.41) is 0. The summed E-state index contributed by atoms with van der Waals surface area (Å²) < 4.78 is 0. The highest BCUT2D eigenvalue weighted by atomic mass is 14.3. The van der Waals surface area contributed by atoms with Crippen LogP contribution in [0.5, 0.6) is 0 Å². The van der Waals surface area contributed by atoms with Gasteiger partial charge in [-0.2, -0.15) is 0 Å². The molecule has 1 aliphatic rings. The molecule has 0 spiro atoms. The summed E-state index contributed by atoms with van der Waals surface area (Å²) in [7, 11) is 0. The molecular formula is C23H30. The van der Waals surface area contributed by atoms with Gasteiger partial charge in [0.05, 0.1) is 0 Å². The summed E-state index contributed by atoms with van der Waals surface area (Å²) >= 11 is 0. The van der Waals surface area contributed by atoms with Crippen LogP contribution < -0.4 is 0 Å². The van der Waals surface area contributed by atoms with Gasteiger partial charge < -0.3 is 0 Å². The lowest BCUT2D eigenvalue weighted by molar-refractivity contribution is 0.268. The topological polar surface area (TPSA) is 0 Å². The maximum atomic E-state index is 2.36. The number of hydrogen-bond acceptors (Lipinski definition) is 0. The fourth-order valence-corrected chi connectivity index (χ4v) is 3.91. The molecule has 23 heavy (non-hydrogen) atoms. The quantitative estimate of drug-likeness (QED) is 0.604. The highest BCUT2D eigenvalue weighted by Gasteiger charge is 2.19. The molecule has 1 fully saturated rings. The van der Waals surface area contributed by atoms with Crippen molar-refractivity contribution in [2.75, 3.05) is 0 Å². The second kappa shape index (κ2) is 7.81. The summed E-state index contributed by atoms with van der Waals surface area (Å²) in [6, 6.07) is 18.3. The molecule has 0 saturated heterocycles. The van der Waals surface area contributed by atoms with Crippen LogP contribution in [0.2, 0.25) is 0 Å². The van der Waals surface area contributed by atoms with Crippen LogP contribution in [0.1, 0.15) is 61.3 Å². The largest absolute Gasteiger partial charge is 0.0651 e. The van der Waals surface area contributed by atoms with E-state index in [4.69, 9.17) is 0 Å². The number of aryl methyl sites for hydroxylation is 1. The van der Waals surface area contributed by atoms with Gasteiger partial charge in [-0.3, -0.25) is 0 Å². The van der Waals surface area contributed by atoms with Gasteiger partial charge in [0.2, 0.25) is 0 Å². The van der Waals surface area contributed by atoms with Crippen LogP contribution in [0.4, 0.5) is 0 Å². The van der Waals surface area contributed by atoms with Crippen molar-refractivity contribution < 1.29 is 0 Å². The maximum Gasteiger partial charge on any atom is -0.00258 e. The van der Waals surface area contributed by atoms with Crippen LogP contribution in [0, 0.1) is 18.8 Å². The van der Waals surface area contributed by atoms with E-state index in [2.05, 4.69) is 62.4 Å². The smallest absolute Gasteiger partial charge is 0.00258 e. The lowest BCUT2D eigenvalue weighted by Gasteiger charge is -2.27. The summed E-state index contributed by atoms with van der Waals surface area (Å²) in [5.74, 6) is 1.92. The average molecular weight is 306 g/mol. The van der Waals surface area contributed by atoms with E-state index in [9.17, 15) is 0 Å². The van der Waals surface area contributed by atoms with E-state index in [0.29, 0.717) is 0 Å². The fourth-order valence-electron chi connectivity index (χ4n) is 3.91. The van der Waals surface area contributed by atoms with Gasteiger partial charge in [0, 0.05) is 0 Å². The van der Waals surface area contributed by atoms with Crippen molar-refractivity contribution in [3.63, 3.8) is 0 Å². The van der Waals surface area contributed by atoms with Gasteiger partial charge in [-0.05, 0) is 61.1 Å². The van der Waals surface area contributed by atoms with Gasteiger partial charge in [-0.15, -0.1) is 0 Å². The molecule has 0 heterocycles. The molecule has 0 heteroatoms. The van der Waals surface area contributed by atoms with Gasteiger partial charge >= 0.3 is 0 Å². The Morgan fingerprint density at radius 3 is 1.74 bits per heavy atom. The second-order valence-corrected chi connectivity index (χ2v) is 7.48. The number of hydrogen-bond donors (Lipinski definition) is 0. The minimum Gasteiger partial charge on any atom is -0.0651 e. The monoisotopic (exact) mass is 306 g/mol. The Labute approximate surface area is 141 Å². The molecule has 0 unspecified atom stereocenters. The van der Waals surface area contributed by atoms with E-state index in [-0.39, 0.29) is 0 Å². The predicted molar refractivity (Wildman–Crippen MR) is 99.9 cm³/mol. The molecule has 2 aromatic rings. The fraction of sp³-hybridized carbons (Fsp3) is 0.478. The Kier molecular flexibility index (Phi) is 5.54. The molecule has 0 N–H and O–H groups in total. The zero-order valence-electron chi connectivity index (χ0n) is 14.7. The molecule has 0 aliphatic heterocycles. The van der Waals surface area contributed by atoms with Crippen molar-refractivity contribution in [3.8, 4) is 0 Å². The maximum absolute atomic E-state index is 2.36. The Bertz CT molecular complexity index is 583. The van der Waals surface area contributed by atoms with Gasteiger partial charge in [-0.1, -0.05) is 80.3 Å². The van der Waals surface area contributed by atoms with E-state index in [0.717, 1.165) is 18.3 Å². The van der Waals surface area contributed by atoms with E-state index in [1.807, 2.05) is 0 Å². The highest BCUT2D eigenvalue weighted by Crippen LogP contribution is 2.32. The first-order valence-electron chi connectivity index (χ1n) is 9.36. The molecule has 0 radical (unpaired) electrons. The third-order valence-electron chi connectivity index (χ3n) is 5.62. The van der Waals surface area contributed by atoms with Gasteiger partial charge in [0.15, 0.2) is 0 Å². The first-order chi connectivity index (χ1) is 11.2. The second-order valence-electron chi connectivity index (χ2n) is 7.48. The third-order valence-corrected chi connectivity index (χ3v) is 5.62. The minimum absolute atomic E-state index is 0.917. The third kappa shape index (κ3) is 4.70. The molecule has 0 aromatic heterocycles. The van der Waals surface area contributed by atoms with E-state index < -0.39 is 0 Å². The van der Waals surface area contributed by atoms with Crippen LogP contribution >= 0.6 is 0 Å². The van der Waals surface area contributed by atoms with Crippen LogP contribution in [0.3, 0.4) is 0 Å². The zero-order valence-corrected chi connectivity index (χ0v) is 14.7. The number of rotatable bonds is 5. The number of benzene rings is 2. The van der Waals surface area contributed by atoms with Crippen LogP contribution in [-0.2, 0) is 12.8 Å². The van der Waals surface area contributed by atoms with E-state index in [1.54, 1.807) is 0 Å². The Balaban J connectivity index is 1.54. The summed E-state index contributed by atoms with van der Waals surface area (Å²) in [6.45, 7) is 4.49. The Morgan fingerprint density at radius 2 is 1.17 bits per heavy atom. The van der Waals surface area contributed by atoms with E-state index in [1.165, 1.54) is 60.8 Å². The highest BCUT2D eigenvalue weighted by molar-refractivity contribution is 5.30. The van der Waals surface area contributed by atoms with Crippen LogP contribution in [0.15, 0.2) is 48.5 Å².